The molecule has 29 heavy (non-hydrogen) atoms. The average molecular weight is 413 g/mol. The standard InChI is InChI=1S/C23H28N2O3S/c1-2-3-22-25-21(14-28-22)18-6-10-20(11-7-18)29-19-8-4-17(5-9-19)12-13-23(24,15-26)16-27/h4-11,14,26-27H,2-3,12-13,15-16,24H2,1H3. The number of hydrogen-bond donors (Lipinski definition) is 3. The summed E-state index contributed by atoms with van der Waals surface area (Å²) < 4.78 is 5.50. The van der Waals surface area contributed by atoms with Crippen LogP contribution >= 0.6 is 11.8 Å². The fourth-order valence-corrected chi connectivity index (χ4v) is 3.74. The van der Waals surface area contributed by atoms with Crippen molar-refractivity contribution in [1.82, 2.24) is 4.98 Å². The monoisotopic (exact) mass is 412 g/mol. The van der Waals surface area contributed by atoms with Crippen LogP contribution in [0.1, 0.15) is 31.2 Å². The van der Waals surface area contributed by atoms with Gasteiger partial charge in [-0.3, -0.25) is 0 Å². The lowest BCUT2D eigenvalue weighted by Crippen LogP contribution is -2.47. The third-order valence-electron chi connectivity index (χ3n) is 4.87. The zero-order valence-corrected chi connectivity index (χ0v) is 17.5. The highest BCUT2D eigenvalue weighted by Crippen LogP contribution is 2.30. The molecule has 5 nitrogen and oxygen atoms in total. The molecule has 154 valence electrons. The summed E-state index contributed by atoms with van der Waals surface area (Å²) in [6.07, 6.45) is 4.85. The van der Waals surface area contributed by atoms with Crippen LogP contribution in [0.4, 0.5) is 0 Å². The first-order valence-electron chi connectivity index (χ1n) is 9.87. The molecular formula is C23H28N2O3S. The zero-order chi connectivity index (χ0) is 20.7. The molecule has 0 saturated carbocycles. The Morgan fingerprint density at radius 1 is 0.966 bits per heavy atom. The second-order valence-corrected chi connectivity index (χ2v) is 8.47. The highest BCUT2D eigenvalue weighted by atomic mass is 32.2. The maximum Gasteiger partial charge on any atom is 0.194 e. The summed E-state index contributed by atoms with van der Waals surface area (Å²) in [6.45, 7) is 1.67. The second-order valence-electron chi connectivity index (χ2n) is 7.33. The Labute approximate surface area is 176 Å². The third-order valence-corrected chi connectivity index (χ3v) is 5.88. The number of rotatable bonds is 10. The highest BCUT2D eigenvalue weighted by molar-refractivity contribution is 7.99. The van der Waals surface area contributed by atoms with Gasteiger partial charge in [0.25, 0.3) is 0 Å². The van der Waals surface area contributed by atoms with Gasteiger partial charge in [0, 0.05) is 21.8 Å². The number of aliphatic hydroxyl groups excluding tert-OH is 2. The van der Waals surface area contributed by atoms with Gasteiger partial charge in [-0.2, -0.15) is 0 Å². The quantitative estimate of drug-likeness (QED) is 0.465. The van der Waals surface area contributed by atoms with E-state index in [0.717, 1.165) is 51.8 Å². The van der Waals surface area contributed by atoms with Gasteiger partial charge in [0.05, 0.1) is 18.8 Å². The minimum atomic E-state index is -0.920. The van der Waals surface area contributed by atoms with Crippen LogP contribution in [0.5, 0.6) is 0 Å². The normalized spacial score (nSPS) is 11.7. The Morgan fingerprint density at radius 3 is 2.17 bits per heavy atom. The van der Waals surface area contributed by atoms with Crippen molar-refractivity contribution in [2.45, 2.75) is 47.9 Å². The molecule has 6 heteroatoms. The lowest BCUT2D eigenvalue weighted by atomic mass is 9.94. The van der Waals surface area contributed by atoms with Crippen molar-refractivity contribution in [3.8, 4) is 11.3 Å². The Morgan fingerprint density at radius 2 is 1.59 bits per heavy atom. The minimum Gasteiger partial charge on any atom is -0.448 e. The predicted octanol–water partition coefficient (Wildman–Crippen LogP) is 4.06. The summed E-state index contributed by atoms with van der Waals surface area (Å²) >= 11 is 1.70. The van der Waals surface area contributed by atoms with Crippen molar-refractivity contribution in [3.05, 3.63) is 66.2 Å². The van der Waals surface area contributed by atoms with Crippen molar-refractivity contribution < 1.29 is 14.6 Å². The molecule has 0 aliphatic rings. The van der Waals surface area contributed by atoms with E-state index >= 15 is 0 Å². The first-order valence-corrected chi connectivity index (χ1v) is 10.7. The van der Waals surface area contributed by atoms with E-state index < -0.39 is 5.54 Å². The maximum atomic E-state index is 9.29. The molecule has 3 rings (SSSR count). The van der Waals surface area contributed by atoms with Crippen LogP contribution in [0.25, 0.3) is 11.3 Å². The number of hydrogen-bond acceptors (Lipinski definition) is 6. The largest absolute Gasteiger partial charge is 0.448 e. The predicted molar refractivity (Wildman–Crippen MR) is 116 cm³/mol. The van der Waals surface area contributed by atoms with Crippen molar-refractivity contribution in [2.24, 2.45) is 5.73 Å². The SMILES string of the molecule is CCCc1nc(-c2ccc(Sc3ccc(CCC(N)(CO)CO)cc3)cc2)co1. The fraction of sp³-hybridized carbons (Fsp3) is 0.348. The van der Waals surface area contributed by atoms with Crippen molar-refractivity contribution in [1.29, 1.82) is 0 Å². The first-order chi connectivity index (χ1) is 14.0. The van der Waals surface area contributed by atoms with Crippen molar-refractivity contribution in [2.75, 3.05) is 13.2 Å². The first kappa shape index (κ1) is 21.6. The smallest absolute Gasteiger partial charge is 0.194 e. The molecule has 0 aliphatic heterocycles. The van der Waals surface area contributed by atoms with Crippen LogP contribution in [0.3, 0.4) is 0 Å². The van der Waals surface area contributed by atoms with Gasteiger partial charge in [0.2, 0.25) is 0 Å². The third kappa shape index (κ3) is 5.93. The Kier molecular flexibility index (Phi) is 7.50. The number of aliphatic hydroxyl groups is 2. The molecule has 3 aromatic rings. The Hall–Kier alpha value is -2.12. The van der Waals surface area contributed by atoms with E-state index in [2.05, 4.69) is 60.4 Å². The number of benzene rings is 2. The summed E-state index contributed by atoms with van der Waals surface area (Å²) in [7, 11) is 0. The van der Waals surface area contributed by atoms with Crippen LogP contribution < -0.4 is 5.73 Å². The van der Waals surface area contributed by atoms with Crippen LogP contribution in [0, 0.1) is 0 Å². The van der Waals surface area contributed by atoms with Crippen LogP contribution in [0.15, 0.2) is 69.0 Å². The van der Waals surface area contributed by atoms with E-state index in [1.165, 1.54) is 0 Å². The molecule has 0 saturated heterocycles. The van der Waals surface area contributed by atoms with E-state index in [1.54, 1.807) is 18.0 Å². The topological polar surface area (TPSA) is 92.5 Å². The molecule has 0 aliphatic carbocycles. The molecule has 0 fully saturated rings. The number of aromatic nitrogens is 1. The summed E-state index contributed by atoms with van der Waals surface area (Å²) in [5.41, 5.74) is 8.07. The summed E-state index contributed by atoms with van der Waals surface area (Å²) in [4.78, 5) is 6.83. The highest BCUT2D eigenvalue weighted by Gasteiger charge is 2.22. The molecule has 1 heterocycles. The van der Waals surface area contributed by atoms with E-state index in [0.29, 0.717) is 6.42 Å². The van der Waals surface area contributed by atoms with Gasteiger partial charge in [-0.15, -0.1) is 0 Å². The van der Waals surface area contributed by atoms with Crippen LogP contribution in [-0.2, 0) is 12.8 Å². The van der Waals surface area contributed by atoms with E-state index in [1.807, 2.05) is 0 Å². The fourth-order valence-electron chi connectivity index (χ4n) is 2.93. The number of oxazole rings is 1. The molecule has 2 aromatic carbocycles. The lowest BCUT2D eigenvalue weighted by Gasteiger charge is -2.24. The maximum absolute atomic E-state index is 9.29. The molecule has 0 amide bonds. The molecule has 1 aromatic heterocycles. The average Bonchev–Trinajstić information content (AvgIpc) is 3.22. The second kappa shape index (κ2) is 10.1. The van der Waals surface area contributed by atoms with Gasteiger partial charge in [-0.05, 0) is 49.1 Å². The van der Waals surface area contributed by atoms with Gasteiger partial charge < -0.3 is 20.4 Å². The summed E-state index contributed by atoms with van der Waals surface area (Å²) in [6, 6.07) is 16.6. The van der Waals surface area contributed by atoms with Gasteiger partial charge in [-0.1, -0.05) is 43.0 Å². The molecule has 0 atom stereocenters. The number of aryl methyl sites for hydroxylation is 2. The zero-order valence-electron chi connectivity index (χ0n) is 16.7. The molecule has 0 bridgehead atoms. The van der Waals surface area contributed by atoms with Gasteiger partial charge in [-0.25, -0.2) is 4.98 Å². The van der Waals surface area contributed by atoms with E-state index in [9.17, 15) is 10.2 Å². The van der Waals surface area contributed by atoms with Gasteiger partial charge in [0.15, 0.2) is 5.89 Å². The molecular weight excluding hydrogens is 384 g/mol. The molecule has 0 unspecified atom stereocenters. The summed E-state index contributed by atoms with van der Waals surface area (Å²) in [5, 5.41) is 18.6. The molecule has 0 spiro atoms. The minimum absolute atomic E-state index is 0.221. The van der Waals surface area contributed by atoms with Crippen LogP contribution in [-0.4, -0.2) is 33.9 Å². The number of nitrogens with zero attached hydrogens (tertiary/aromatic N) is 1. The Bertz CT molecular complexity index is 887. The van der Waals surface area contributed by atoms with Gasteiger partial charge >= 0.3 is 0 Å². The van der Waals surface area contributed by atoms with Crippen LogP contribution in [0.2, 0.25) is 0 Å². The van der Waals surface area contributed by atoms with Crippen molar-refractivity contribution in [3.63, 3.8) is 0 Å². The Balaban J connectivity index is 1.58. The van der Waals surface area contributed by atoms with Crippen molar-refractivity contribution >= 4 is 11.8 Å². The van der Waals surface area contributed by atoms with Gasteiger partial charge in [0.1, 0.15) is 12.0 Å². The molecule has 4 N–H and O–H groups in total. The van der Waals surface area contributed by atoms with E-state index in [-0.39, 0.29) is 13.2 Å². The summed E-state index contributed by atoms with van der Waals surface area (Å²) in [5.74, 6) is 0.783. The van der Waals surface area contributed by atoms with E-state index in [4.69, 9.17) is 10.2 Å². The number of nitrogens with two attached hydrogens (primary N) is 1. The lowest BCUT2D eigenvalue weighted by molar-refractivity contribution is 0.115. The molecule has 0 radical (unpaired) electrons.